The Morgan fingerprint density at radius 2 is 1.69 bits per heavy atom. The number of amides is 1. The summed E-state index contributed by atoms with van der Waals surface area (Å²) in [4.78, 5) is 34.1. The molecule has 5 heterocycles. The van der Waals surface area contributed by atoms with E-state index in [1.54, 1.807) is 23.7 Å². The highest BCUT2D eigenvalue weighted by atomic mass is 32.1. The molecule has 2 aliphatic heterocycles. The maximum Gasteiger partial charge on any atom is 0.257 e. The molecule has 0 N–H and O–H groups in total. The molecule has 8 nitrogen and oxygen atoms in total. The summed E-state index contributed by atoms with van der Waals surface area (Å²) in [5.41, 5.74) is 1.60. The van der Waals surface area contributed by atoms with Crippen molar-refractivity contribution in [2.45, 2.75) is 0 Å². The number of anilines is 2. The van der Waals surface area contributed by atoms with Crippen LogP contribution < -0.4 is 9.80 Å². The van der Waals surface area contributed by atoms with Gasteiger partial charge in [0.05, 0.1) is 18.8 Å². The topological polar surface area (TPSA) is 74.7 Å². The van der Waals surface area contributed by atoms with Crippen molar-refractivity contribution >= 4 is 38.5 Å². The zero-order valence-corrected chi connectivity index (χ0v) is 16.8. The lowest BCUT2D eigenvalue weighted by Crippen LogP contribution is -2.49. The molecule has 1 amide bonds. The first kappa shape index (κ1) is 18.3. The van der Waals surface area contributed by atoms with Crippen LogP contribution in [0.3, 0.4) is 0 Å². The lowest BCUT2D eigenvalue weighted by Gasteiger charge is -2.35. The number of pyridine rings is 2. The van der Waals surface area contributed by atoms with E-state index >= 15 is 0 Å². The van der Waals surface area contributed by atoms with Crippen LogP contribution in [-0.4, -0.2) is 78.2 Å². The van der Waals surface area contributed by atoms with E-state index in [2.05, 4.69) is 24.8 Å². The number of carbonyl (C=O) groups excluding carboxylic acids is 1. The van der Waals surface area contributed by atoms with Crippen LogP contribution in [0.4, 0.5) is 10.9 Å². The third-order valence-electron chi connectivity index (χ3n) is 5.32. The highest BCUT2D eigenvalue weighted by molar-refractivity contribution is 7.21. The highest BCUT2D eigenvalue weighted by Crippen LogP contribution is 2.28. The molecule has 5 rings (SSSR count). The molecule has 3 aromatic heterocycles. The second-order valence-corrected chi connectivity index (χ2v) is 8.03. The number of hydrogen-bond acceptors (Lipinski definition) is 8. The van der Waals surface area contributed by atoms with Gasteiger partial charge in [0.2, 0.25) is 0 Å². The van der Waals surface area contributed by atoms with Crippen LogP contribution in [0.1, 0.15) is 10.4 Å². The van der Waals surface area contributed by atoms with Crippen molar-refractivity contribution in [3.63, 3.8) is 0 Å². The molecule has 3 aromatic rings. The van der Waals surface area contributed by atoms with Gasteiger partial charge in [0, 0.05) is 51.7 Å². The van der Waals surface area contributed by atoms with Gasteiger partial charge in [-0.05, 0) is 24.3 Å². The molecule has 2 fully saturated rings. The number of ether oxygens (including phenoxy) is 1. The van der Waals surface area contributed by atoms with Gasteiger partial charge in [0.25, 0.3) is 5.91 Å². The monoisotopic (exact) mass is 410 g/mol. The van der Waals surface area contributed by atoms with Gasteiger partial charge in [-0.2, -0.15) is 0 Å². The van der Waals surface area contributed by atoms with E-state index in [1.807, 2.05) is 29.2 Å². The highest BCUT2D eigenvalue weighted by Gasteiger charge is 2.27. The summed E-state index contributed by atoms with van der Waals surface area (Å²) in [6.07, 6.45) is 3.54. The number of morpholine rings is 1. The first-order valence-electron chi connectivity index (χ1n) is 9.83. The van der Waals surface area contributed by atoms with Crippen molar-refractivity contribution in [2.24, 2.45) is 0 Å². The van der Waals surface area contributed by atoms with E-state index in [9.17, 15) is 4.79 Å². The summed E-state index contributed by atoms with van der Waals surface area (Å²) < 4.78 is 5.43. The Balaban J connectivity index is 1.29. The Labute approximate surface area is 172 Å². The van der Waals surface area contributed by atoms with Gasteiger partial charge in [-0.15, -0.1) is 0 Å². The molecule has 0 unspecified atom stereocenters. The number of nitrogens with zero attached hydrogens (tertiary/aromatic N) is 6. The number of carbonyl (C=O) groups is 1. The summed E-state index contributed by atoms with van der Waals surface area (Å²) in [5, 5.41) is 0.973. The molecular formula is C20H22N6O2S. The van der Waals surface area contributed by atoms with Crippen LogP contribution in [0.2, 0.25) is 0 Å². The molecule has 150 valence electrons. The van der Waals surface area contributed by atoms with Crippen LogP contribution in [0.15, 0.2) is 36.7 Å². The Hall–Kier alpha value is -2.78. The number of piperazine rings is 1. The molecular weight excluding hydrogens is 388 g/mol. The number of rotatable bonds is 3. The molecule has 0 atom stereocenters. The summed E-state index contributed by atoms with van der Waals surface area (Å²) in [7, 11) is 0. The van der Waals surface area contributed by atoms with Gasteiger partial charge in [-0.1, -0.05) is 11.3 Å². The van der Waals surface area contributed by atoms with Crippen LogP contribution >= 0.6 is 11.3 Å². The molecule has 0 saturated carbocycles. The van der Waals surface area contributed by atoms with Crippen LogP contribution in [0.25, 0.3) is 10.3 Å². The summed E-state index contributed by atoms with van der Waals surface area (Å²) in [6.45, 7) is 5.71. The Morgan fingerprint density at radius 1 is 0.931 bits per heavy atom. The van der Waals surface area contributed by atoms with Crippen molar-refractivity contribution in [2.75, 3.05) is 62.3 Å². The van der Waals surface area contributed by atoms with E-state index in [0.717, 1.165) is 47.5 Å². The smallest absolute Gasteiger partial charge is 0.257 e. The fraction of sp³-hybridized carbons (Fsp3) is 0.400. The molecule has 9 heteroatoms. The fourth-order valence-corrected chi connectivity index (χ4v) is 4.72. The minimum atomic E-state index is 0.0465. The summed E-state index contributed by atoms with van der Waals surface area (Å²) in [5.74, 6) is 0.811. The number of fused-ring (bicyclic) bond motifs is 1. The van der Waals surface area contributed by atoms with Gasteiger partial charge >= 0.3 is 0 Å². The van der Waals surface area contributed by atoms with Crippen LogP contribution in [0, 0.1) is 0 Å². The second kappa shape index (κ2) is 7.92. The zero-order chi connectivity index (χ0) is 19.6. The van der Waals surface area contributed by atoms with Crippen LogP contribution in [-0.2, 0) is 4.74 Å². The van der Waals surface area contributed by atoms with Gasteiger partial charge in [-0.25, -0.2) is 15.0 Å². The first-order valence-corrected chi connectivity index (χ1v) is 10.6. The SMILES string of the molecule is O=C(c1cccnc1N1CCOCC1)N1CCN(c2nc3cccnc3s2)CC1. The summed E-state index contributed by atoms with van der Waals surface area (Å²) >= 11 is 1.60. The van der Waals surface area contributed by atoms with Gasteiger partial charge in [-0.3, -0.25) is 4.79 Å². The standard InChI is InChI=1S/C20H22N6O2S/c27-19(15-3-1-5-21-17(15)24-11-13-28-14-12-24)25-7-9-26(10-8-25)20-23-16-4-2-6-22-18(16)29-20/h1-6H,7-14H2. The average Bonchev–Trinajstić information content (AvgIpc) is 3.24. The first-order chi connectivity index (χ1) is 14.3. The third kappa shape index (κ3) is 3.63. The van der Waals surface area contributed by atoms with Crippen molar-refractivity contribution in [3.05, 3.63) is 42.2 Å². The normalized spacial score (nSPS) is 17.7. The van der Waals surface area contributed by atoms with Crippen molar-refractivity contribution < 1.29 is 9.53 Å². The van der Waals surface area contributed by atoms with Gasteiger partial charge in [0.1, 0.15) is 16.2 Å². The predicted octanol–water partition coefficient (Wildman–Crippen LogP) is 1.89. The van der Waals surface area contributed by atoms with E-state index in [4.69, 9.17) is 4.74 Å². The third-order valence-corrected chi connectivity index (χ3v) is 6.36. The quantitative estimate of drug-likeness (QED) is 0.653. The lowest BCUT2D eigenvalue weighted by molar-refractivity contribution is 0.0745. The maximum absolute atomic E-state index is 13.2. The average molecular weight is 411 g/mol. The summed E-state index contributed by atoms with van der Waals surface area (Å²) in [6, 6.07) is 7.60. The molecule has 0 bridgehead atoms. The molecule has 29 heavy (non-hydrogen) atoms. The maximum atomic E-state index is 13.2. The predicted molar refractivity (Wildman–Crippen MR) is 113 cm³/mol. The van der Waals surface area contributed by atoms with Gasteiger partial charge < -0.3 is 19.4 Å². The van der Waals surface area contributed by atoms with Crippen LogP contribution in [0.5, 0.6) is 0 Å². The molecule has 2 saturated heterocycles. The lowest BCUT2D eigenvalue weighted by atomic mass is 10.2. The zero-order valence-electron chi connectivity index (χ0n) is 16.0. The minimum Gasteiger partial charge on any atom is -0.378 e. The fourth-order valence-electron chi connectivity index (χ4n) is 3.76. The van der Waals surface area contributed by atoms with E-state index in [0.29, 0.717) is 31.9 Å². The number of hydrogen-bond donors (Lipinski definition) is 0. The Morgan fingerprint density at radius 3 is 2.48 bits per heavy atom. The van der Waals surface area contributed by atoms with Crippen molar-refractivity contribution in [3.8, 4) is 0 Å². The van der Waals surface area contributed by atoms with Crippen molar-refractivity contribution in [1.82, 2.24) is 19.9 Å². The number of aromatic nitrogens is 3. The van der Waals surface area contributed by atoms with E-state index < -0.39 is 0 Å². The Kier molecular flexibility index (Phi) is 4.99. The largest absolute Gasteiger partial charge is 0.378 e. The molecule has 0 aliphatic carbocycles. The van der Waals surface area contributed by atoms with Crippen molar-refractivity contribution in [1.29, 1.82) is 0 Å². The molecule has 0 spiro atoms. The molecule has 2 aliphatic rings. The minimum absolute atomic E-state index is 0.0465. The number of thiazole rings is 1. The molecule has 0 aromatic carbocycles. The van der Waals surface area contributed by atoms with E-state index in [1.165, 1.54) is 0 Å². The Bertz CT molecular complexity index is 978. The van der Waals surface area contributed by atoms with Gasteiger partial charge in [0.15, 0.2) is 5.13 Å². The van der Waals surface area contributed by atoms with E-state index in [-0.39, 0.29) is 5.91 Å². The molecule has 0 radical (unpaired) electrons. The second-order valence-electron chi connectivity index (χ2n) is 7.08.